The number of rotatable bonds is 7. The molecule has 0 aliphatic rings. The zero-order chi connectivity index (χ0) is 13.4. The third kappa shape index (κ3) is 5.32. The van der Waals surface area contributed by atoms with Crippen LogP contribution in [0.25, 0.3) is 0 Å². The van der Waals surface area contributed by atoms with E-state index in [1.165, 1.54) is 10.5 Å². The summed E-state index contributed by atoms with van der Waals surface area (Å²) in [6.07, 6.45) is 4.43. The number of benzene rings is 1. The lowest BCUT2D eigenvalue weighted by Gasteiger charge is -2.17. The van der Waals surface area contributed by atoms with Gasteiger partial charge >= 0.3 is 0 Å². The summed E-state index contributed by atoms with van der Waals surface area (Å²) >= 11 is 7.32. The van der Waals surface area contributed by atoms with E-state index in [1.54, 1.807) is 16.7 Å². The molecule has 0 bridgehead atoms. The Kier molecular flexibility index (Phi) is 7.21. The molecule has 0 saturated heterocycles. The maximum absolute atomic E-state index is 11.8. The van der Waals surface area contributed by atoms with Crippen LogP contribution in [0.15, 0.2) is 29.2 Å². The second-order valence-electron chi connectivity index (χ2n) is 4.24. The molecular formula is C14H20ClNOS. The topological polar surface area (TPSA) is 20.3 Å². The van der Waals surface area contributed by atoms with Crippen molar-refractivity contribution in [2.45, 2.75) is 30.7 Å². The minimum absolute atomic E-state index is 0.189. The van der Waals surface area contributed by atoms with E-state index < -0.39 is 0 Å². The Hall–Kier alpha value is -0.670. The zero-order valence-electron chi connectivity index (χ0n) is 11.0. The molecular weight excluding hydrogens is 266 g/mol. The van der Waals surface area contributed by atoms with Crippen LogP contribution in [-0.4, -0.2) is 30.0 Å². The molecule has 18 heavy (non-hydrogen) atoms. The van der Waals surface area contributed by atoms with Crippen molar-refractivity contribution in [2.24, 2.45) is 0 Å². The van der Waals surface area contributed by atoms with Crippen LogP contribution < -0.4 is 0 Å². The molecule has 0 spiro atoms. The molecule has 1 rings (SSSR count). The van der Waals surface area contributed by atoms with E-state index in [2.05, 4.69) is 30.5 Å². The molecule has 1 aromatic carbocycles. The Morgan fingerprint density at radius 1 is 1.28 bits per heavy atom. The Morgan fingerprint density at radius 2 is 1.94 bits per heavy atom. The monoisotopic (exact) mass is 285 g/mol. The number of carbonyl (C=O) groups is 1. The van der Waals surface area contributed by atoms with Gasteiger partial charge in [0.1, 0.15) is 0 Å². The molecule has 0 saturated carbocycles. The van der Waals surface area contributed by atoms with Crippen molar-refractivity contribution in [2.75, 3.05) is 19.2 Å². The highest BCUT2D eigenvalue weighted by molar-refractivity contribution is 7.98. The van der Waals surface area contributed by atoms with Crippen LogP contribution in [0.1, 0.15) is 24.8 Å². The van der Waals surface area contributed by atoms with Gasteiger partial charge in [0, 0.05) is 30.8 Å². The van der Waals surface area contributed by atoms with Crippen molar-refractivity contribution in [3.8, 4) is 0 Å². The molecule has 0 atom stereocenters. The summed E-state index contributed by atoms with van der Waals surface area (Å²) in [6.45, 7) is 0.675. The number of thioether (sulfide) groups is 1. The fraction of sp³-hybridized carbons (Fsp3) is 0.500. The van der Waals surface area contributed by atoms with Gasteiger partial charge in [-0.25, -0.2) is 0 Å². The summed E-state index contributed by atoms with van der Waals surface area (Å²) in [7, 11) is 1.85. The van der Waals surface area contributed by atoms with Gasteiger partial charge in [-0.15, -0.1) is 23.4 Å². The van der Waals surface area contributed by atoms with E-state index in [-0.39, 0.29) is 5.91 Å². The van der Waals surface area contributed by atoms with Gasteiger partial charge < -0.3 is 4.90 Å². The summed E-state index contributed by atoms with van der Waals surface area (Å²) in [5.74, 6) is 0.821. The van der Waals surface area contributed by atoms with Crippen LogP contribution in [-0.2, 0) is 11.3 Å². The Balaban J connectivity index is 2.42. The molecule has 2 nitrogen and oxygen atoms in total. The molecule has 0 heterocycles. The van der Waals surface area contributed by atoms with Gasteiger partial charge in [0.25, 0.3) is 0 Å². The van der Waals surface area contributed by atoms with Crippen LogP contribution in [0, 0.1) is 0 Å². The smallest absolute Gasteiger partial charge is 0.222 e. The van der Waals surface area contributed by atoms with Crippen LogP contribution >= 0.6 is 23.4 Å². The zero-order valence-corrected chi connectivity index (χ0v) is 12.6. The Labute approximate surface area is 119 Å². The van der Waals surface area contributed by atoms with E-state index >= 15 is 0 Å². The molecule has 1 aromatic rings. The molecule has 0 radical (unpaired) electrons. The number of alkyl halides is 1. The van der Waals surface area contributed by atoms with Gasteiger partial charge in [0.05, 0.1) is 0 Å². The summed E-state index contributed by atoms with van der Waals surface area (Å²) in [4.78, 5) is 14.8. The van der Waals surface area contributed by atoms with E-state index in [9.17, 15) is 4.79 Å². The van der Waals surface area contributed by atoms with Crippen molar-refractivity contribution < 1.29 is 4.79 Å². The molecule has 100 valence electrons. The molecule has 4 heteroatoms. The van der Waals surface area contributed by atoms with Gasteiger partial charge in [-0.1, -0.05) is 12.1 Å². The van der Waals surface area contributed by atoms with Gasteiger partial charge in [0.2, 0.25) is 5.91 Å². The normalized spacial score (nSPS) is 10.4. The maximum atomic E-state index is 11.8. The van der Waals surface area contributed by atoms with Gasteiger partial charge in [-0.3, -0.25) is 4.79 Å². The van der Waals surface area contributed by atoms with Crippen LogP contribution in [0.3, 0.4) is 0 Å². The average Bonchev–Trinajstić information content (AvgIpc) is 2.39. The van der Waals surface area contributed by atoms with Crippen LogP contribution in [0.4, 0.5) is 0 Å². The average molecular weight is 286 g/mol. The van der Waals surface area contributed by atoms with Crippen molar-refractivity contribution in [1.82, 2.24) is 4.90 Å². The van der Waals surface area contributed by atoms with Gasteiger partial charge in [-0.05, 0) is 36.8 Å². The highest BCUT2D eigenvalue weighted by atomic mass is 35.5. The molecule has 0 fully saturated rings. The molecule has 0 N–H and O–H groups in total. The molecule has 1 amide bonds. The number of amides is 1. The van der Waals surface area contributed by atoms with Crippen molar-refractivity contribution in [3.05, 3.63) is 29.8 Å². The highest BCUT2D eigenvalue weighted by Crippen LogP contribution is 2.15. The third-order valence-corrected chi connectivity index (χ3v) is 3.79. The largest absolute Gasteiger partial charge is 0.341 e. The van der Waals surface area contributed by atoms with Crippen LogP contribution in [0.2, 0.25) is 0 Å². The number of hydrogen-bond acceptors (Lipinski definition) is 2. The van der Waals surface area contributed by atoms with E-state index in [4.69, 9.17) is 11.6 Å². The standard InChI is InChI=1S/C14H20ClNOS/c1-16(14(17)5-3-4-10-15)11-12-6-8-13(18-2)9-7-12/h6-9H,3-5,10-11H2,1-2H3. The fourth-order valence-electron chi connectivity index (χ4n) is 1.65. The summed E-state index contributed by atoms with van der Waals surface area (Å²) in [5.41, 5.74) is 1.17. The minimum atomic E-state index is 0.189. The number of carbonyl (C=O) groups excluding carboxylic acids is 1. The third-order valence-electron chi connectivity index (χ3n) is 2.78. The van der Waals surface area contributed by atoms with E-state index in [1.807, 2.05) is 7.05 Å². The first kappa shape index (κ1) is 15.4. The molecule has 0 aliphatic heterocycles. The van der Waals surface area contributed by atoms with Crippen LogP contribution in [0.5, 0.6) is 0 Å². The van der Waals surface area contributed by atoms with E-state index in [0.717, 1.165) is 12.8 Å². The lowest BCUT2D eigenvalue weighted by atomic mass is 10.2. The highest BCUT2D eigenvalue weighted by Gasteiger charge is 2.08. The lowest BCUT2D eigenvalue weighted by Crippen LogP contribution is -2.25. The van der Waals surface area contributed by atoms with Crippen molar-refractivity contribution >= 4 is 29.3 Å². The number of unbranched alkanes of at least 4 members (excludes halogenated alkanes) is 1. The minimum Gasteiger partial charge on any atom is -0.341 e. The predicted molar refractivity (Wildman–Crippen MR) is 79.3 cm³/mol. The second-order valence-corrected chi connectivity index (χ2v) is 5.50. The summed E-state index contributed by atoms with van der Waals surface area (Å²) in [6, 6.07) is 8.33. The quantitative estimate of drug-likeness (QED) is 0.432. The fourth-order valence-corrected chi connectivity index (χ4v) is 2.25. The van der Waals surface area contributed by atoms with Gasteiger partial charge in [0.15, 0.2) is 0 Å². The van der Waals surface area contributed by atoms with E-state index in [0.29, 0.717) is 18.8 Å². The summed E-state index contributed by atoms with van der Waals surface area (Å²) in [5, 5.41) is 0. The van der Waals surface area contributed by atoms with Crippen molar-refractivity contribution in [1.29, 1.82) is 0 Å². The maximum Gasteiger partial charge on any atom is 0.222 e. The lowest BCUT2D eigenvalue weighted by molar-refractivity contribution is -0.130. The first-order chi connectivity index (χ1) is 8.67. The Bertz CT molecular complexity index is 367. The molecule has 0 aromatic heterocycles. The van der Waals surface area contributed by atoms with Crippen molar-refractivity contribution in [3.63, 3.8) is 0 Å². The first-order valence-electron chi connectivity index (χ1n) is 6.10. The Morgan fingerprint density at radius 3 is 2.50 bits per heavy atom. The SMILES string of the molecule is CSc1ccc(CN(C)C(=O)CCCCCl)cc1. The second kappa shape index (κ2) is 8.44. The first-order valence-corrected chi connectivity index (χ1v) is 7.86. The summed E-state index contributed by atoms with van der Waals surface area (Å²) < 4.78 is 0. The molecule has 0 unspecified atom stereocenters. The number of hydrogen-bond donors (Lipinski definition) is 0. The number of halogens is 1. The predicted octanol–water partition coefficient (Wildman–Crippen LogP) is 3.78. The van der Waals surface area contributed by atoms with Gasteiger partial charge in [-0.2, -0.15) is 0 Å². The molecule has 0 aliphatic carbocycles. The number of nitrogens with zero attached hydrogens (tertiary/aromatic N) is 1.